The molecule has 4 heteroatoms. The van der Waals surface area contributed by atoms with Gasteiger partial charge in [-0.1, -0.05) is 24.3 Å². The van der Waals surface area contributed by atoms with Crippen LogP contribution in [0, 0.1) is 0 Å². The normalized spacial score (nSPS) is 19.1. The predicted octanol–water partition coefficient (Wildman–Crippen LogP) is 1.51. The first kappa shape index (κ1) is 11.4. The second-order valence-electron chi connectivity index (χ2n) is 4.87. The Hall–Kier alpha value is -1.68. The fraction of sp³-hybridized carbons (Fsp3) is 0.429. The fourth-order valence-corrected chi connectivity index (χ4v) is 2.74. The molecule has 2 atom stereocenters. The van der Waals surface area contributed by atoms with Gasteiger partial charge in [-0.05, 0) is 24.5 Å². The van der Waals surface area contributed by atoms with Crippen LogP contribution in [0.5, 0.6) is 0 Å². The van der Waals surface area contributed by atoms with E-state index in [2.05, 4.69) is 41.3 Å². The highest BCUT2D eigenvalue weighted by Gasteiger charge is 2.31. The number of nitrogens with two attached hydrogens (primary N) is 1. The number of aryl methyl sites for hydroxylation is 1. The summed E-state index contributed by atoms with van der Waals surface area (Å²) < 4.78 is 1.92. The van der Waals surface area contributed by atoms with Gasteiger partial charge < -0.3 is 5.73 Å². The average molecular weight is 242 g/mol. The first-order chi connectivity index (χ1) is 8.79. The van der Waals surface area contributed by atoms with Gasteiger partial charge in [0.2, 0.25) is 0 Å². The summed E-state index contributed by atoms with van der Waals surface area (Å²) in [6, 6.07) is 8.69. The molecule has 0 radical (unpaired) electrons. The third kappa shape index (κ3) is 1.82. The Balaban J connectivity index is 1.72. The van der Waals surface area contributed by atoms with E-state index in [0.717, 1.165) is 25.2 Å². The van der Waals surface area contributed by atoms with Gasteiger partial charge >= 0.3 is 0 Å². The Kier molecular flexibility index (Phi) is 2.88. The van der Waals surface area contributed by atoms with Crippen LogP contribution >= 0.6 is 0 Å². The average Bonchev–Trinajstić information content (AvgIpc) is 2.78. The molecule has 0 amide bonds. The Morgan fingerprint density at radius 1 is 1.44 bits per heavy atom. The molecule has 4 nitrogen and oxygen atoms in total. The van der Waals surface area contributed by atoms with Gasteiger partial charge in [0.1, 0.15) is 12.2 Å². The van der Waals surface area contributed by atoms with Crippen LogP contribution in [0.25, 0.3) is 0 Å². The highest BCUT2D eigenvalue weighted by atomic mass is 15.3. The molecule has 0 aliphatic heterocycles. The zero-order valence-corrected chi connectivity index (χ0v) is 10.6. The Labute approximate surface area is 107 Å². The van der Waals surface area contributed by atoms with Crippen molar-refractivity contribution in [3.05, 3.63) is 47.5 Å². The standard InChI is InChI=1S/C14H18N4/c1-2-18-14(16-9-17-18)8-13(15)12-7-10-5-3-4-6-11(10)12/h3-6,9,12-13H,2,7-8,15H2,1H3. The van der Waals surface area contributed by atoms with Gasteiger partial charge in [-0.2, -0.15) is 5.10 Å². The molecule has 0 saturated carbocycles. The number of fused-ring (bicyclic) bond motifs is 1. The van der Waals surface area contributed by atoms with Crippen LogP contribution in [0.4, 0.5) is 0 Å². The second kappa shape index (κ2) is 4.53. The second-order valence-corrected chi connectivity index (χ2v) is 4.87. The molecular formula is C14H18N4. The summed E-state index contributed by atoms with van der Waals surface area (Å²) in [5.41, 5.74) is 9.18. The number of nitrogens with zero attached hydrogens (tertiary/aromatic N) is 3. The van der Waals surface area contributed by atoms with E-state index in [0.29, 0.717) is 5.92 Å². The van der Waals surface area contributed by atoms with Crippen LogP contribution in [0.15, 0.2) is 30.6 Å². The third-order valence-corrected chi connectivity index (χ3v) is 3.82. The molecule has 2 N–H and O–H groups in total. The molecule has 0 spiro atoms. The van der Waals surface area contributed by atoms with E-state index in [4.69, 9.17) is 5.73 Å². The van der Waals surface area contributed by atoms with Gasteiger partial charge in [-0.3, -0.25) is 4.68 Å². The van der Waals surface area contributed by atoms with Crippen molar-refractivity contribution in [1.29, 1.82) is 0 Å². The topological polar surface area (TPSA) is 56.7 Å². The molecule has 3 rings (SSSR count). The van der Waals surface area contributed by atoms with Crippen molar-refractivity contribution < 1.29 is 0 Å². The van der Waals surface area contributed by atoms with Crippen molar-refractivity contribution in [1.82, 2.24) is 14.8 Å². The monoisotopic (exact) mass is 242 g/mol. The molecule has 1 aliphatic rings. The van der Waals surface area contributed by atoms with Crippen LogP contribution in [-0.2, 0) is 19.4 Å². The molecule has 0 saturated heterocycles. The molecular weight excluding hydrogens is 224 g/mol. The van der Waals surface area contributed by atoms with E-state index in [1.54, 1.807) is 6.33 Å². The molecule has 94 valence electrons. The van der Waals surface area contributed by atoms with Crippen molar-refractivity contribution in [2.24, 2.45) is 5.73 Å². The zero-order chi connectivity index (χ0) is 12.5. The van der Waals surface area contributed by atoms with E-state index in [-0.39, 0.29) is 6.04 Å². The van der Waals surface area contributed by atoms with E-state index >= 15 is 0 Å². The molecule has 1 heterocycles. The Morgan fingerprint density at radius 2 is 2.28 bits per heavy atom. The van der Waals surface area contributed by atoms with Crippen molar-refractivity contribution in [2.45, 2.75) is 38.3 Å². The van der Waals surface area contributed by atoms with Gasteiger partial charge in [0.25, 0.3) is 0 Å². The maximum Gasteiger partial charge on any atom is 0.138 e. The molecule has 0 fully saturated rings. The van der Waals surface area contributed by atoms with Crippen molar-refractivity contribution in [2.75, 3.05) is 0 Å². The molecule has 1 aromatic carbocycles. The lowest BCUT2D eigenvalue weighted by Gasteiger charge is -2.34. The van der Waals surface area contributed by atoms with E-state index < -0.39 is 0 Å². The predicted molar refractivity (Wildman–Crippen MR) is 70.3 cm³/mol. The number of hydrogen-bond donors (Lipinski definition) is 1. The first-order valence-corrected chi connectivity index (χ1v) is 6.49. The summed E-state index contributed by atoms with van der Waals surface area (Å²) >= 11 is 0. The number of hydrogen-bond acceptors (Lipinski definition) is 3. The van der Waals surface area contributed by atoms with Crippen molar-refractivity contribution in [3.8, 4) is 0 Å². The molecule has 18 heavy (non-hydrogen) atoms. The first-order valence-electron chi connectivity index (χ1n) is 6.49. The minimum absolute atomic E-state index is 0.134. The summed E-state index contributed by atoms with van der Waals surface area (Å²) in [7, 11) is 0. The van der Waals surface area contributed by atoms with Crippen LogP contribution in [0.2, 0.25) is 0 Å². The third-order valence-electron chi connectivity index (χ3n) is 3.82. The molecule has 1 aromatic heterocycles. The van der Waals surface area contributed by atoms with Crippen molar-refractivity contribution >= 4 is 0 Å². The van der Waals surface area contributed by atoms with Crippen LogP contribution in [0.3, 0.4) is 0 Å². The van der Waals surface area contributed by atoms with Crippen LogP contribution in [0.1, 0.15) is 29.8 Å². The Morgan fingerprint density at radius 3 is 3.06 bits per heavy atom. The lowest BCUT2D eigenvalue weighted by Crippen LogP contribution is -2.38. The highest BCUT2D eigenvalue weighted by Crippen LogP contribution is 2.37. The number of aromatic nitrogens is 3. The van der Waals surface area contributed by atoms with Crippen molar-refractivity contribution in [3.63, 3.8) is 0 Å². The van der Waals surface area contributed by atoms with Crippen LogP contribution in [-0.4, -0.2) is 20.8 Å². The highest BCUT2D eigenvalue weighted by molar-refractivity contribution is 5.41. The summed E-state index contributed by atoms with van der Waals surface area (Å²) in [6.45, 7) is 2.92. The van der Waals surface area contributed by atoms with E-state index in [1.165, 1.54) is 11.1 Å². The van der Waals surface area contributed by atoms with Gasteiger partial charge in [-0.15, -0.1) is 0 Å². The van der Waals surface area contributed by atoms with Gasteiger partial charge in [0, 0.05) is 24.9 Å². The maximum atomic E-state index is 6.33. The number of benzene rings is 1. The smallest absolute Gasteiger partial charge is 0.138 e. The van der Waals surface area contributed by atoms with Gasteiger partial charge in [0.15, 0.2) is 0 Å². The molecule has 1 aliphatic carbocycles. The quantitative estimate of drug-likeness (QED) is 0.884. The maximum absolute atomic E-state index is 6.33. The minimum atomic E-state index is 0.134. The van der Waals surface area contributed by atoms with Crippen LogP contribution < -0.4 is 5.73 Å². The minimum Gasteiger partial charge on any atom is -0.327 e. The lowest BCUT2D eigenvalue weighted by molar-refractivity contribution is 0.460. The van der Waals surface area contributed by atoms with E-state index in [9.17, 15) is 0 Å². The summed E-state index contributed by atoms with van der Waals surface area (Å²) in [5.74, 6) is 1.47. The lowest BCUT2D eigenvalue weighted by atomic mass is 9.73. The summed E-state index contributed by atoms with van der Waals surface area (Å²) in [6.07, 6.45) is 3.50. The molecule has 2 aromatic rings. The molecule has 2 unspecified atom stereocenters. The van der Waals surface area contributed by atoms with Gasteiger partial charge in [-0.25, -0.2) is 4.98 Å². The van der Waals surface area contributed by atoms with Gasteiger partial charge in [0.05, 0.1) is 0 Å². The zero-order valence-electron chi connectivity index (χ0n) is 10.6. The fourth-order valence-electron chi connectivity index (χ4n) is 2.74. The van der Waals surface area contributed by atoms with E-state index in [1.807, 2.05) is 4.68 Å². The summed E-state index contributed by atoms with van der Waals surface area (Å²) in [4.78, 5) is 4.30. The molecule has 0 bridgehead atoms. The number of rotatable bonds is 4. The SMILES string of the molecule is CCn1ncnc1CC(N)C1Cc2ccccc21. The summed E-state index contributed by atoms with van der Waals surface area (Å²) in [5, 5.41) is 4.19. The Bertz CT molecular complexity index is 546. The largest absolute Gasteiger partial charge is 0.327 e.